The Morgan fingerprint density at radius 1 is 1.31 bits per heavy atom. The standard InChI is InChI=1S/C13H10N2O/c14-12(16)8-2-6-10-4-1-5-11-7-3-9-15-13(10)11/h1,3-5,7,9H,8H2,(H2,14,16). The van der Waals surface area contributed by atoms with Crippen molar-refractivity contribution in [2.75, 3.05) is 0 Å². The minimum atomic E-state index is -0.416. The van der Waals surface area contributed by atoms with Crippen LogP contribution in [0.25, 0.3) is 10.9 Å². The zero-order chi connectivity index (χ0) is 11.4. The van der Waals surface area contributed by atoms with E-state index < -0.39 is 5.91 Å². The average molecular weight is 210 g/mol. The Morgan fingerprint density at radius 2 is 2.12 bits per heavy atom. The number of amides is 1. The first kappa shape index (κ1) is 10.2. The summed E-state index contributed by atoms with van der Waals surface area (Å²) in [6, 6.07) is 9.62. The number of carbonyl (C=O) groups is 1. The number of pyridine rings is 1. The molecule has 1 amide bonds. The van der Waals surface area contributed by atoms with Gasteiger partial charge in [-0.25, -0.2) is 0 Å². The number of benzene rings is 1. The molecule has 0 fully saturated rings. The largest absolute Gasteiger partial charge is 0.369 e. The van der Waals surface area contributed by atoms with Gasteiger partial charge in [-0.05, 0) is 12.1 Å². The minimum absolute atomic E-state index is 0.0726. The van der Waals surface area contributed by atoms with Gasteiger partial charge in [-0.3, -0.25) is 9.78 Å². The van der Waals surface area contributed by atoms with E-state index in [0.29, 0.717) is 0 Å². The molecule has 3 heteroatoms. The molecule has 0 aliphatic carbocycles. The summed E-state index contributed by atoms with van der Waals surface area (Å²) in [5.74, 6) is 5.22. The molecule has 0 spiro atoms. The number of primary amides is 1. The van der Waals surface area contributed by atoms with Crippen LogP contribution >= 0.6 is 0 Å². The van der Waals surface area contributed by atoms with Crippen molar-refractivity contribution < 1.29 is 4.79 Å². The van der Waals surface area contributed by atoms with Crippen LogP contribution in [0.4, 0.5) is 0 Å². The second kappa shape index (κ2) is 4.45. The highest BCUT2D eigenvalue weighted by atomic mass is 16.1. The summed E-state index contributed by atoms with van der Waals surface area (Å²) in [5, 5.41) is 1.04. The molecule has 0 saturated carbocycles. The average Bonchev–Trinajstić information content (AvgIpc) is 2.29. The topological polar surface area (TPSA) is 56.0 Å². The number of hydrogen-bond donors (Lipinski definition) is 1. The zero-order valence-corrected chi connectivity index (χ0v) is 8.60. The maximum Gasteiger partial charge on any atom is 0.229 e. The monoisotopic (exact) mass is 210 g/mol. The molecule has 0 unspecified atom stereocenters. The Bertz CT molecular complexity index is 588. The molecule has 0 saturated heterocycles. The van der Waals surface area contributed by atoms with Gasteiger partial charge in [0.15, 0.2) is 0 Å². The molecule has 1 aromatic heterocycles. The van der Waals surface area contributed by atoms with Crippen molar-refractivity contribution in [2.45, 2.75) is 6.42 Å². The second-order valence-corrected chi connectivity index (χ2v) is 3.33. The van der Waals surface area contributed by atoms with Crippen molar-refractivity contribution in [3.8, 4) is 11.8 Å². The summed E-state index contributed by atoms with van der Waals surface area (Å²) in [6.45, 7) is 0. The van der Waals surface area contributed by atoms with Crippen LogP contribution in [-0.4, -0.2) is 10.9 Å². The van der Waals surface area contributed by atoms with E-state index >= 15 is 0 Å². The Balaban J connectivity index is 2.43. The van der Waals surface area contributed by atoms with Gasteiger partial charge in [0, 0.05) is 11.6 Å². The van der Waals surface area contributed by atoms with Crippen molar-refractivity contribution in [1.82, 2.24) is 4.98 Å². The van der Waals surface area contributed by atoms with Gasteiger partial charge in [0.25, 0.3) is 0 Å². The molecule has 16 heavy (non-hydrogen) atoms. The lowest BCUT2D eigenvalue weighted by atomic mass is 10.1. The van der Waals surface area contributed by atoms with Gasteiger partial charge in [-0.15, -0.1) is 0 Å². The molecular weight excluding hydrogens is 200 g/mol. The summed E-state index contributed by atoms with van der Waals surface area (Å²) in [4.78, 5) is 14.8. The third-order valence-corrected chi connectivity index (χ3v) is 2.12. The van der Waals surface area contributed by atoms with Crippen molar-refractivity contribution >= 4 is 16.8 Å². The summed E-state index contributed by atoms with van der Waals surface area (Å²) < 4.78 is 0. The highest BCUT2D eigenvalue weighted by Crippen LogP contribution is 2.14. The molecule has 0 radical (unpaired) electrons. The Kier molecular flexibility index (Phi) is 2.84. The number of carbonyl (C=O) groups excluding carboxylic acids is 1. The van der Waals surface area contributed by atoms with Crippen LogP contribution in [0.1, 0.15) is 12.0 Å². The number of hydrogen-bond acceptors (Lipinski definition) is 2. The Labute approximate surface area is 93.3 Å². The van der Waals surface area contributed by atoms with E-state index in [1.54, 1.807) is 6.20 Å². The van der Waals surface area contributed by atoms with Gasteiger partial charge in [0.2, 0.25) is 5.91 Å². The van der Waals surface area contributed by atoms with Crippen molar-refractivity contribution in [3.63, 3.8) is 0 Å². The van der Waals surface area contributed by atoms with Gasteiger partial charge in [-0.1, -0.05) is 30.0 Å². The van der Waals surface area contributed by atoms with Crippen LogP contribution in [0.3, 0.4) is 0 Å². The molecular formula is C13H10N2O. The number of fused-ring (bicyclic) bond motifs is 1. The fourth-order valence-corrected chi connectivity index (χ4v) is 1.43. The van der Waals surface area contributed by atoms with E-state index in [1.807, 2.05) is 30.3 Å². The van der Waals surface area contributed by atoms with Gasteiger partial charge in [0.1, 0.15) is 0 Å². The van der Waals surface area contributed by atoms with Crippen LogP contribution in [0.15, 0.2) is 36.5 Å². The van der Waals surface area contributed by atoms with Crippen molar-refractivity contribution in [3.05, 3.63) is 42.1 Å². The fourth-order valence-electron chi connectivity index (χ4n) is 1.43. The number of nitrogens with zero attached hydrogens (tertiary/aromatic N) is 1. The number of nitrogens with two attached hydrogens (primary N) is 1. The van der Waals surface area contributed by atoms with Gasteiger partial charge >= 0.3 is 0 Å². The highest BCUT2D eigenvalue weighted by Gasteiger charge is 1.97. The summed E-state index contributed by atoms with van der Waals surface area (Å²) in [7, 11) is 0. The minimum Gasteiger partial charge on any atom is -0.369 e. The van der Waals surface area contributed by atoms with E-state index in [4.69, 9.17) is 5.73 Å². The van der Waals surface area contributed by atoms with Crippen LogP contribution in [-0.2, 0) is 4.79 Å². The molecule has 0 aliphatic heterocycles. The molecule has 0 bridgehead atoms. The van der Waals surface area contributed by atoms with E-state index in [9.17, 15) is 4.79 Å². The first-order valence-corrected chi connectivity index (χ1v) is 4.88. The Hall–Kier alpha value is -2.34. The number of rotatable bonds is 1. The SMILES string of the molecule is NC(=O)CC#Cc1cccc2cccnc12. The molecule has 78 valence electrons. The number of para-hydroxylation sites is 1. The van der Waals surface area contributed by atoms with Gasteiger partial charge in [-0.2, -0.15) is 0 Å². The molecule has 2 aromatic rings. The van der Waals surface area contributed by atoms with E-state index in [-0.39, 0.29) is 6.42 Å². The third kappa shape index (κ3) is 2.18. The lowest BCUT2D eigenvalue weighted by Gasteiger charge is -1.97. The highest BCUT2D eigenvalue weighted by molar-refractivity contribution is 5.84. The first-order valence-electron chi connectivity index (χ1n) is 4.88. The second-order valence-electron chi connectivity index (χ2n) is 3.33. The van der Waals surface area contributed by atoms with Crippen molar-refractivity contribution in [2.24, 2.45) is 5.73 Å². The summed E-state index contributed by atoms with van der Waals surface area (Å²) in [6.07, 6.45) is 1.80. The smallest absolute Gasteiger partial charge is 0.229 e. The lowest BCUT2D eigenvalue weighted by Crippen LogP contribution is -2.08. The van der Waals surface area contributed by atoms with E-state index in [0.717, 1.165) is 16.5 Å². The maximum atomic E-state index is 10.6. The zero-order valence-electron chi connectivity index (χ0n) is 8.60. The van der Waals surface area contributed by atoms with E-state index in [2.05, 4.69) is 16.8 Å². The Morgan fingerprint density at radius 3 is 2.94 bits per heavy atom. The summed E-state index contributed by atoms with van der Waals surface area (Å²) in [5.41, 5.74) is 6.68. The van der Waals surface area contributed by atoms with Crippen LogP contribution in [0.2, 0.25) is 0 Å². The maximum absolute atomic E-state index is 10.6. The van der Waals surface area contributed by atoms with Gasteiger partial charge in [0.05, 0.1) is 17.5 Å². The van der Waals surface area contributed by atoms with Gasteiger partial charge < -0.3 is 5.73 Å². The summed E-state index contributed by atoms with van der Waals surface area (Å²) >= 11 is 0. The molecule has 0 atom stereocenters. The quantitative estimate of drug-likeness (QED) is 0.724. The fraction of sp³-hybridized carbons (Fsp3) is 0.0769. The van der Waals surface area contributed by atoms with Crippen LogP contribution in [0, 0.1) is 11.8 Å². The normalized spacial score (nSPS) is 9.50. The predicted molar refractivity (Wildman–Crippen MR) is 62.4 cm³/mol. The lowest BCUT2D eigenvalue weighted by molar-refractivity contribution is -0.117. The molecule has 3 nitrogen and oxygen atoms in total. The van der Waals surface area contributed by atoms with Crippen LogP contribution < -0.4 is 5.73 Å². The predicted octanol–water partition coefficient (Wildman–Crippen LogP) is 1.46. The number of aromatic nitrogens is 1. The molecule has 1 aromatic carbocycles. The molecule has 2 N–H and O–H groups in total. The van der Waals surface area contributed by atoms with E-state index in [1.165, 1.54) is 0 Å². The van der Waals surface area contributed by atoms with Crippen molar-refractivity contribution in [1.29, 1.82) is 0 Å². The molecule has 2 rings (SSSR count). The third-order valence-electron chi connectivity index (χ3n) is 2.12. The first-order chi connectivity index (χ1) is 7.77. The van der Waals surface area contributed by atoms with Crippen LogP contribution in [0.5, 0.6) is 0 Å². The molecule has 1 heterocycles. The molecule has 0 aliphatic rings.